The molecule has 6 heteroatoms. The predicted octanol–water partition coefficient (Wildman–Crippen LogP) is 1.52. The first-order valence-corrected chi connectivity index (χ1v) is 6.14. The number of hydrogen-bond acceptors (Lipinski definition) is 4. The molecule has 0 aliphatic carbocycles. The Labute approximate surface area is 126 Å². The molecule has 0 saturated heterocycles. The molecule has 114 valence electrons. The van der Waals surface area contributed by atoms with Gasteiger partial charge in [-0.15, -0.1) is 12.4 Å². The lowest BCUT2D eigenvalue weighted by atomic mass is 10.0. The Morgan fingerprint density at radius 1 is 1.25 bits per heavy atom. The van der Waals surface area contributed by atoms with Crippen molar-refractivity contribution in [1.82, 2.24) is 5.32 Å². The summed E-state index contributed by atoms with van der Waals surface area (Å²) in [6, 6.07) is 5.43. The smallest absolute Gasteiger partial charge is 0.225 e. The van der Waals surface area contributed by atoms with E-state index in [0.29, 0.717) is 18.0 Å². The highest BCUT2D eigenvalue weighted by Gasteiger charge is 2.20. The standard InChI is InChI=1S/C14H22N2O3.ClH/c1-14(2,9-15)16-13(17)8-10-11(18-3)6-5-7-12(10)19-4;/h5-7H,8-9,15H2,1-4H3,(H,16,17);1H. The van der Waals surface area contributed by atoms with Crippen LogP contribution in [-0.2, 0) is 11.2 Å². The number of ether oxygens (including phenoxy) is 2. The molecule has 0 spiro atoms. The normalized spacial score (nSPS) is 10.4. The third kappa shape index (κ3) is 4.90. The quantitative estimate of drug-likeness (QED) is 0.835. The summed E-state index contributed by atoms with van der Waals surface area (Å²) in [7, 11) is 3.14. The van der Waals surface area contributed by atoms with Crippen molar-refractivity contribution in [1.29, 1.82) is 0 Å². The highest BCUT2D eigenvalue weighted by atomic mass is 35.5. The third-order valence-corrected chi connectivity index (χ3v) is 2.86. The third-order valence-electron chi connectivity index (χ3n) is 2.86. The van der Waals surface area contributed by atoms with Crippen molar-refractivity contribution < 1.29 is 14.3 Å². The molecule has 0 fully saturated rings. The van der Waals surface area contributed by atoms with Gasteiger partial charge >= 0.3 is 0 Å². The van der Waals surface area contributed by atoms with Crippen LogP contribution in [0.3, 0.4) is 0 Å². The fourth-order valence-electron chi connectivity index (χ4n) is 1.74. The summed E-state index contributed by atoms with van der Waals surface area (Å²) in [5, 5.41) is 2.88. The van der Waals surface area contributed by atoms with E-state index in [1.54, 1.807) is 26.4 Å². The van der Waals surface area contributed by atoms with Crippen molar-refractivity contribution in [3.8, 4) is 11.5 Å². The number of halogens is 1. The number of amides is 1. The van der Waals surface area contributed by atoms with Gasteiger partial charge in [0.15, 0.2) is 0 Å². The molecule has 0 atom stereocenters. The molecule has 3 N–H and O–H groups in total. The van der Waals surface area contributed by atoms with Crippen LogP contribution in [0.2, 0.25) is 0 Å². The maximum Gasteiger partial charge on any atom is 0.225 e. The van der Waals surface area contributed by atoms with E-state index in [9.17, 15) is 4.79 Å². The molecular formula is C14H23ClN2O3. The van der Waals surface area contributed by atoms with E-state index in [1.807, 2.05) is 19.9 Å². The monoisotopic (exact) mass is 302 g/mol. The predicted molar refractivity (Wildman–Crippen MR) is 81.8 cm³/mol. The largest absolute Gasteiger partial charge is 0.496 e. The topological polar surface area (TPSA) is 73.6 Å². The number of nitrogens with one attached hydrogen (secondary N) is 1. The van der Waals surface area contributed by atoms with Gasteiger partial charge in [0.2, 0.25) is 5.91 Å². The average Bonchev–Trinajstić information content (AvgIpc) is 2.38. The summed E-state index contributed by atoms with van der Waals surface area (Å²) in [4.78, 5) is 12.0. The van der Waals surface area contributed by atoms with Crippen LogP contribution >= 0.6 is 12.4 Å². The first kappa shape index (κ1) is 18.5. The lowest BCUT2D eigenvalue weighted by molar-refractivity contribution is -0.121. The van der Waals surface area contributed by atoms with Crippen molar-refractivity contribution in [3.05, 3.63) is 23.8 Å². The van der Waals surface area contributed by atoms with Gasteiger partial charge in [-0.25, -0.2) is 0 Å². The first-order chi connectivity index (χ1) is 8.93. The number of benzene rings is 1. The van der Waals surface area contributed by atoms with Gasteiger partial charge in [0.05, 0.1) is 20.6 Å². The summed E-state index contributed by atoms with van der Waals surface area (Å²) in [5.74, 6) is 1.17. The van der Waals surface area contributed by atoms with Gasteiger partial charge in [0.25, 0.3) is 0 Å². The minimum Gasteiger partial charge on any atom is -0.496 e. The van der Waals surface area contributed by atoms with Crippen LogP contribution in [0.25, 0.3) is 0 Å². The van der Waals surface area contributed by atoms with E-state index in [1.165, 1.54) is 0 Å². The van der Waals surface area contributed by atoms with Crippen LogP contribution in [0.4, 0.5) is 0 Å². The Balaban J connectivity index is 0.00000361. The molecule has 1 rings (SSSR count). The molecule has 5 nitrogen and oxygen atoms in total. The molecule has 0 bridgehead atoms. The Morgan fingerprint density at radius 2 is 1.75 bits per heavy atom. The number of hydrogen-bond donors (Lipinski definition) is 2. The van der Waals surface area contributed by atoms with E-state index in [4.69, 9.17) is 15.2 Å². The van der Waals surface area contributed by atoms with Crippen molar-refractivity contribution in [2.75, 3.05) is 20.8 Å². The van der Waals surface area contributed by atoms with Gasteiger partial charge in [-0.3, -0.25) is 4.79 Å². The molecule has 20 heavy (non-hydrogen) atoms. The van der Waals surface area contributed by atoms with Crippen LogP contribution in [-0.4, -0.2) is 32.2 Å². The number of rotatable bonds is 6. The minimum absolute atomic E-state index is 0. The van der Waals surface area contributed by atoms with Crippen LogP contribution in [0.15, 0.2) is 18.2 Å². The molecule has 1 amide bonds. The summed E-state index contributed by atoms with van der Waals surface area (Å²) >= 11 is 0. The first-order valence-electron chi connectivity index (χ1n) is 6.14. The van der Waals surface area contributed by atoms with Crippen LogP contribution in [0.5, 0.6) is 11.5 Å². The zero-order valence-electron chi connectivity index (χ0n) is 12.4. The number of carbonyl (C=O) groups is 1. The van der Waals surface area contributed by atoms with E-state index in [-0.39, 0.29) is 24.7 Å². The highest BCUT2D eigenvalue weighted by Crippen LogP contribution is 2.28. The fraction of sp³-hybridized carbons (Fsp3) is 0.500. The van der Waals surface area contributed by atoms with E-state index < -0.39 is 5.54 Å². The second-order valence-electron chi connectivity index (χ2n) is 4.95. The maximum absolute atomic E-state index is 12.0. The molecule has 0 saturated carbocycles. The van der Waals surface area contributed by atoms with E-state index >= 15 is 0 Å². The Hall–Kier alpha value is -1.46. The van der Waals surface area contributed by atoms with E-state index in [0.717, 1.165) is 5.56 Å². The number of carbonyl (C=O) groups excluding carboxylic acids is 1. The minimum atomic E-state index is -0.424. The molecule has 1 aromatic carbocycles. The van der Waals surface area contributed by atoms with Gasteiger partial charge < -0.3 is 20.5 Å². The average molecular weight is 303 g/mol. The highest BCUT2D eigenvalue weighted by molar-refractivity contribution is 5.85. The number of methoxy groups -OCH3 is 2. The van der Waals surface area contributed by atoms with Crippen LogP contribution in [0, 0.1) is 0 Å². The Kier molecular flexibility index (Phi) is 7.39. The molecule has 0 aromatic heterocycles. The molecule has 1 aromatic rings. The maximum atomic E-state index is 12.0. The second kappa shape index (κ2) is 7.97. The van der Waals surface area contributed by atoms with Crippen LogP contribution < -0.4 is 20.5 Å². The molecule has 0 unspecified atom stereocenters. The van der Waals surface area contributed by atoms with Gasteiger partial charge in [-0.1, -0.05) is 6.07 Å². The fourth-order valence-corrected chi connectivity index (χ4v) is 1.74. The SMILES string of the molecule is COc1cccc(OC)c1CC(=O)NC(C)(C)CN.Cl. The summed E-state index contributed by atoms with van der Waals surface area (Å²) in [6.45, 7) is 4.14. The van der Waals surface area contributed by atoms with Gasteiger partial charge in [-0.05, 0) is 26.0 Å². The molecule has 0 radical (unpaired) electrons. The zero-order valence-corrected chi connectivity index (χ0v) is 13.2. The zero-order chi connectivity index (χ0) is 14.5. The summed E-state index contributed by atoms with van der Waals surface area (Å²) in [6.07, 6.45) is 0.191. The molecular weight excluding hydrogens is 280 g/mol. The van der Waals surface area contributed by atoms with Crippen LogP contribution in [0.1, 0.15) is 19.4 Å². The molecule has 0 aliphatic rings. The lowest BCUT2D eigenvalue weighted by Crippen LogP contribution is -2.49. The molecule has 0 aliphatic heterocycles. The van der Waals surface area contributed by atoms with Crippen molar-refractivity contribution in [2.24, 2.45) is 5.73 Å². The van der Waals surface area contributed by atoms with Gasteiger partial charge in [0.1, 0.15) is 11.5 Å². The summed E-state index contributed by atoms with van der Waals surface area (Å²) < 4.78 is 10.5. The number of nitrogens with two attached hydrogens (primary N) is 1. The second-order valence-corrected chi connectivity index (χ2v) is 4.95. The van der Waals surface area contributed by atoms with Crippen molar-refractivity contribution >= 4 is 18.3 Å². The lowest BCUT2D eigenvalue weighted by Gasteiger charge is -2.24. The Bertz CT molecular complexity index is 428. The molecule has 0 heterocycles. The van der Waals surface area contributed by atoms with Gasteiger partial charge in [0, 0.05) is 17.6 Å². The van der Waals surface area contributed by atoms with Crippen molar-refractivity contribution in [3.63, 3.8) is 0 Å². The van der Waals surface area contributed by atoms with Gasteiger partial charge in [-0.2, -0.15) is 0 Å². The van der Waals surface area contributed by atoms with Crippen molar-refractivity contribution in [2.45, 2.75) is 25.8 Å². The van der Waals surface area contributed by atoms with E-state index in [2.05, 4.69) is 5.32 Å². The summed E-state index contributed by atoms with van der Waals surface area (Å²) in [5.41, 5.74) is 5.91. The Morgan fingerprint density at radius 3 is 2.15 bits per heavy atom.